The number of aryl methyl sites for hydroxylation is 1. The molecule has 2 amide bonds. The lowest BCUT2D eigenvalue weighted by Gasteiger charge is -2.35. The molecule has 27 heavy (non-hydrogen) atoms. The molecule has 0 saturated carbocycles. The third kappa shape index (κ3) is 7.66. The van der Waals surface area contributed by atoms with E-state index >= 15 is 0 Å². The van der Waals surface area contributed by atoms with Gasteiger partial charge in [0, 0.05) is 44.3 Å². The Balaban J connectivity index is 0.00000338. The van der Waals surface area contributed by atoms with Gasteiger partial charge >= 0.3 is 0 Å². The van der Waals surface area contributed by atoms with Gasteiger partial charge in [-0.2, -0.15) is 0 Å². The first-order chi connectivity index (χ1) is 12.0. The van der Waals surface area contributed by atoms with Crippen molar-refractivity contribution in [3.05, 3.63) is 29.8 Å². The zero-order valence-electron chi connectivity index (χ0n) is 16.4. The summed E-state index contributed by atoms with van der Waals surface area (Å²) in [6, 6.07) is 7.90. The number of nitrogens with one attached hydrogen (secondary N) is 2. The second-order valence-electron chi connectivity index (χ2n) is 6.62. The quantitative estimate of drug-likeness (QED) is 0.710. The number of carbonyl (C=O) groups is 2. The van der Waals surface area contributed by atoms with Crippen LogP contribution in [-0.2, 0) is 16.0 Å². The molecule has 6 nitrogen and oxygen atoms in total. The Morgan fingerprint density at radius 3 is 2.33 bits per heavy atom. The average Bonchev–Trinajstić information content (AvgIpc) is 2.62. The van der Waals surface area contributed by atoms with E-state index in [0.29, 0.717) is 26.2 Å². The van der Waals surface area contributed by atoms with Gasteiger partial charge in [0.15, 0.2) is 0 Å². The lowest BCUT2D eigenvalue weighted by Crippen LogP contribution is -2.52. The van der Waals surface area contributed by atoms with Crippen molar-refractivity contribution in [1.29, 1.82) is 0 Å². The number of piperazine rings is 1. The van der Waals surface area contributed by atoms with E-state index in [1.165, 1.54) is 0 Å². The summed E-state index contributed by atoms with van der Waals surface area (Å²) in [5.74, 6) is 0.185. The highest BCUT2D eigenvalue weighted by atomic mass is 35.5. The number of hydrogen-bond acceptors (Lipinski definition) is 4. The van der Waals surface area contributed by atoms with E-state index in [1.807, 2.05) is 43.1 Å². The minimum Gasteiger partial charge on any atom is -0.340 e. The second kappa shape index (κ2) is 12.9. The average molecular weight is 419 g/mol. The number of nitrogens with zero attached hydrogens (tertiary/aromatic N) is 2. The maximum absolute atomic E-state index is 12.3. The van der Waals surface area contributed by atoms with Gasteiger partial charge in [-0.05, 0) is 25.1 Å². The van der Waals surface area contributed by atoms with Crippen molar-refractivity contribution in [2.24, 2.45) is 5.92 Å². The van der Waals surface area contributed by atoms with Gasteiger partial charge in [-0.1, -0.05) is 32.0 Å². The van der Waals surface area contributed by atoms with Gasteiger partial charge in [0.05, 0.1) is 6.54 Å². The van der Waals surface area contributed by atoms with Crippen molar-refractivity contribution in [2.75, 3.05) is 51.6 Å². The summed E-state index contributed by atoms with van der Waals surface area (Å²) < 4.78 is 0. The predicted octanol–water partition coefficient (Wildman–Crippen LogP) is 2.03. The Bertz CT molecular complexity index is 593. The Labute approximate surface area is 174 Å². The molecule has 2 rings (SSSR count). The van der Waals surface area contributed by atoms with Crippen LogP contribution in [0.3, 0.4) is 0 Å². The van der Waals surface area contributed by atoms with Gasteiger partial charge in [0.1, 0.15) is 0 Å². The fourth-order valence-corrected chi connectivity index (χ4v) is 3.17. The van der Waals surface area contributed by atoms with Gasteiger partial charge in [-0.15, -0.1) is 24.8 Å². The van der Waals surface area contributed by atoms with E-state index in [0.717, 1.165) is 30.8 Å². The Morgan fingerprint density at radius 1 is 1.11 bits per heavy atom. The molecule has 1 heterocycles. The number of halogens is 2. The first-order valence-electron chi connectivity index (χ1n) is 9.08. The van der Waals surface area contributed by atoms with Crippen LogP contribution in [0.4, 0.5) is 5.69 Å². The summed E-state index contributed by atoms with van der Waals surface area (Å²) in [7, 11) is 1.86. The number of para-hydroxylation sites is 1. The largest absolute Gasteiger partial charge is 0.340 e. The molecular formula is C19H32Cl2N4O2. The molecule has 1 aliphatic rings. The van der Waals surface area contributed by atoms with Gasteiger partial charge in [-0.25, -0.2) is 0 Å². The van der Waals surface area contributed by atoms with Crippen LogP contribution in [0, 0.1) is 5.92 Å². The summed E-state index contributed by atoms with van der Waals surface area (Å²) in [5, 5.41) is 6.05. The molecule has 1 aromatic rings. The van der Waals surface area contributed by atoms with Gasteiger partial charge in [-0.3, -0.25) is 14.5 Å². The number of hydrogen-bond donors (Lipinski definition) is 2. The van der Waals surface area contributed by atoms with E-state index in [1.54, 1.807) is 0 Å². The molecular weight excluding hydrogens is 387 g/mol. The smallest absolute Gasteiger partial charge is 0.238 e. The van der Waals surface area contributed by atoms with Gasteiger partial charge in [0.25, 0.3) is 0 Å². The van der Waals surface area contributed by atoms with Gasteiger partial charge < -0.3 is 15.5 Å². The van der Waals surface area contributed by atoms with Crippen molar-refractivity contribution >= 4 is 42.3 Å². The summed E-state index contributed by atoms with van der Waals surface area (Å²) in [4.78, 5) is 28.6. The Morgan fingerprint density at radius 2 is 1.74 bits per heavy atom. The Kier molecular flexibility index (Phi) is 12.3. The maximum atomic E-state index is 12.3. The van der Waals surface area contributed by atoms with Crippen LogP contribution in [0.1, 0.15) is 19.4 Å². The molecule has 0 aliphatic carbocycles. The standard InChI is InChI=1S/C19H30N4O2.2ClH/c1-4-16-7-5-6-8-17(16)21-18(24)14-22-9-11-23(12-10-22)19(25)15(2)13-20-3;;/h5-8,15,20H,4,9-14H2,1-3H3,(H,21,24);2*1H. The van der Waals surface area contributed by atoms with Crippen LogP contribution in [0.15, 0.2) is 24.3 Å². The highest BCUT2D eigenvalue weighted by Crippen LogP contribution is 2.15. The summed E-state index contributed by atoms with van der Waals surface area (Å²) >= 11 is 0. The number of carbonyl (C=O) groups excluding carboxylic acids is 2. The maximum Gasteiger partial charge on any atom is 0.238 e. The lowest BCUT2D eigenvalue weighted by atomic mass is 10.1. The molecule has 0 bridgehead atoms. The van der Waals surface area contributed by atoms with Crippen LogP contribution >= 0.6 is 24.8 Å². The third-order valence-electron chi connectivity index (χ3n) is 4.66. The third-order valence-corrected chi connectivity index (χ3v) is 4.66. The van der Waals surface area contributed by atoms with Crippen LogP contribution in [0.25, 0.3) is 0 Å². The molecule has 1 unspecified atom stereocenters. The van der Waals surface area contributed by atoms with Crippen LogP contribution in [0.2, 0.25) is 0 Å². The SMILES string of the molecule is CCc1ccccc1NC(=O)CN1CCN(C(=O)C(C)CNC)CC1.Cl.Cl. The molecule has 1 fully saturated rings. The monoisotopic (exact) mass is 418 g/mol. The molecule has 0 spiro atoms. The molecule has 1 aromatic carbocycles. The number of anilines is 1. The van der Waals surface area contributed by atoms with Gasteiger partial charge in [0.2, 0.25) is 11.8 Å². The topological polar surface area (TPSA) is 64.7 Å². The first kappa shape index (κ1) is 25.7. The molecule has 1 saturated heterocycles. The second-order valence-corrected chi connectivity index (χ2v) is 6.62. The van der Waals surface area contributed by atoms with Crippen LogP contribution < -0.4 is 10.6 Å². The van der Waals surface area contributed by atoms with Crippen molar-refractivity contribution in [3.8, 4) is 0 Å². The minimum absolute atomic E-state index is 0. The molecule has 0 radical (unpaired) electrons. The molecule has 2 N–H and O–H groups in total. The fourth-order valence-electron chi connectivity index (χ4n) is 3.17. The van der Waals surface area contributed by atoms with E-state index in [9.17, 15) is 9.59 Å². The van der Waals surface area contributed by atoms with Crippen molar-refractivity contribution < 1.29 is 9.59 Å². The number of amides is 2. The molecule has 8 heteroatoms. The first-order valence-corrected chi connectivity index (χ1v) is 9.08. The summed E-state index contributed by atoms with van der Waals surface area (Å²) in [6.45, 7) is 7.93. The van der Waals surface area contributed by atoms with Crippen LogP contribution in [-0.4, -0.2) is 67.9 Å². The molecule has 0 aromatic heterocycles. The van der Waals surface area contributed by atoms with E-state index in [-0.39, 0.29) is 42.5 Å². The normalized spacial score (nSPS) is 15.3. The minimum atomic E-state index is -0.00889. The zero-order valence-corrected chi connectivity index (χ0v) is 18.0. The number of rotatable bonds is 7. The molecule has 1 atom stereocenters. The summed E-state index contributed by atoms with van der Waals surface area (Å²) in [6.07, 6.45) is 0.891. The van der Waals surface area contributed by atoms with Crippen molar-refractivity contribution in [2.45, 2.75) is 20.3 Å². The number of benzene rings is 1. The van der Waals surface area contributed by atoms with E-state index in [2.05, 4.69) is 22.5 Å². The van der Waals surface area contributed by atoms with Crippen molar-refractivity contribution in [3.63, 3.8) is 0 Å². The lowest BCUT2D eigenvalue weighted by molar-refractivity contribution is -0.136. The predicted molar refractivity (Wildman–Crippen MR) is 115 cm³/mol. The fraction of sp³-hybridized carbons (Fsp3) is 0.579. The molecule has 154 valence electrons. The summed E-state index contributed by atoms with van der Waals surface area (Å²) in [5.41, 5.74) is 2.04. The molecule has 1 aliphatic heterocycles. The highest BCUT2D eigenvalue weighted by Gasteiger charge is 2.25. The Hall–Kier alpha value is -1.34. The van der Waals surface area contributed by atoms with E-state index in [4.69, 9.17) is 0 Å². The highest BCUT2D eigenvalue weighted by molar-refractivity contribution is 5.93. The van der Waals surface area contributed by atoms with E-state index < -0.39 is 0 Å². The van der Waals surface area contributed by atoms with Crippen molar-refractivity contribution in [1.82, 2.24) is 15.1 Å². The van der Waals surface area contributed by atoms with Crippen LogP contribution in [0.5, 0.6) is 0 Å². The zero-order chi connectivity index (χ0) is 18.2.